The van der Waals surface area contributed by atoms with Gasteiger partial charge in [-0.05, 0) is 6.54 Å². The van der Waals surface area contributed by atoms with Crippen LogP contribution >= 0.6 is 0 Å². The van der Waals surface area contributed by atoms with Crippen molar-refractivity contribution in [1.82, 2.24) is 15.1 Å². The molecule has 0 unspecified atom stereocenters. The lowest BCUT2D eigenvalue weighted by Gasteiger charge is -2.33. The molecule has 0 bridgehead atoms. The number of rotatable bonds is 5. The van der Waals surface area contributed by atoms with Crippen LogP contribution in [0.3, 0.4) is 0 Å². The maximum absolute atomic E-state index is 9.88. The molecule has 0 aromatic carbocycles. The molecule has 1 aliphatic rings. The molecule has 0 saturated carbocycles. The molecule has 0 spiro atoms. The maximum Gasteiger partial charge on any atom is 0.309 e. The summed E-state index contributed by atoms with van der Waals surface area (Å²) in [5, 5.41) is 2.56. The third kappa shape index (κ3) is 3.74. The van der Waals surface area contributed by atoms with Gasteiger partial charge in [0.25, 0.3) is 0 Å². The lowest BCUT2D eigenvalue weighted by Crippen LogP contribution is -2.47. The van der Waals surface area contributed by atoms with Crippen LogP contribution in [0.25, 0.3) is 0 Å². The second kappa shape index (κ2) is 5.94. The van der Waals surface area contributed by atoms with Gasteiger partial charge in [-0.15, -0.1) is 0 Å². The number of likely N-dealkylation sites (N-methyl/N-ethyl adjacent to an activating group) is 1. The fourth-order valence-corrected chi connectivity index (χ4v) is 1.59. The Balaban J connectivity index is 2.06. The van der Waals surface area contributed by atoms with Gasteiger partial charge in [-0.2, -0.15) is 0 Å². The standard InChI is InChI=1S/C9H18N3O/c1-2-11-5-7-12(8-6-11)4-3-10-9-13/h2-8H2,1H3,(H,10,13). The van der Waals surface area contributed by atoms with E-state index in [1.807, 2.05) is 0 Å². The highest BCUT2D eigenvalue weighted by Gasteiger charge is 2.14. The Kier molecular flexibility index (Phi) is 4.78. The van der Waals surface area contributed by atoms with E-state index in [0.717, 1.165) is 45.8 Å². The minimum absolute atomic E-state index is 0.718. The van der Waals surface area contributed by atoms with E-state index >= 15 is 0 Å². The molecule has 75 valence electrons. The van der Waals surface area contributed by atoms with Gasteiger partial charge in [-0.25, -0.2) is 0 Å². The number of amides is 1. The molecule has 1 fully saturated rings. The van der Waals surface area contributed by atoms with Crippen LogP contribution in [0.4, 0.5) is 0 Å². The Morgan fingerprint density at radius 1 is 1.23 bits per heavy atom. The van der Waals surface area contributed by atoms with Crippen LogP contribution in [0.15, 0.2) is 0 Å². The molecule has 1 N–H and O–H groups in total. The predicted octanol–water partition coefficient (Wildman–Crippen LogP) is -0.719. The van der Waals surface area contributed by atoms with Crippen molar-refractivity contribution in [2.24, 2.45) is 0 Å². The van der Waals surface area contributed by atoms with Crippen LogP contribution in [-0.2, 0) is 4.79 Å². The number of nitrogens with one attached hydrogen (secondary N) is 1. The Bertz CT molecular complexity index is 144. The van der Waals surface area contributed by atoms with Crippen LogP contribution in [-0.4, -0.2) is 62.0 Å². The van der Waals surface area contributed by atoms with Gasteiger partial charge in [-0.1, -0.05) is 6.92 Å². The van der Waals surface area contributed by atoms with E-state index in [9.17, 15) is 4.79 Å². The lowest BCUT2D eigenvalue weighted by molar-refractivity contribution is 0.139. The molecule has 1 heterocycles. The van der Waals surface area contributed by atoms with E-state index in [-0.39, 0.29) is 0 Å². The van der Waals surface area contributed by atoms with E-state index in [4.69, 9.17) is 0 Å². The van der Waals surface area contributed by atoms with E-state index in [1.54, 1.807) is 6.41 Å². The second-order valence-corrected chi connectivity index (χ2v) is 3.30. The monoisotopic (exact) mass is 184 g/mol. The van der Waals surface area contributed by atoms with Crippen LogP contribution < -0.4 is 5.32 Å². The van der Waals surface area contributed by atoms with Crippen LogP contribution in [0.1, 0.15) is 6.92 Å². The Morgan fingerprint density at radius 2 is 1.85 bits per heavy atom. The molecule has 4 nitrogen and oxygen atoms in total. The molecule has 0 atom stereocenters. The molecule has 0 aromatic rings. The Hall–Kier alpha value is -0.610. The molecule has 1 saturated heterocycles. The van der Waals surface area contributed by atoms with Gasteiger partial charge in [0.05, 0.1) is 0 Å². The van der Waals surface area contributed by atoms with Crippen molar-refractivity contribution in [2.45, 2.75) is 6.92 Å². The number of carbonyl (C=O) groups excluding carboxylic acids is 1. The quantitative estimate of drug-likeness (QED) is 0.452. The zero-order valence-electron chi connectivity index (χ0n) is 8.25. The summed E-state index contributed by atoms with van der Waals surface area (Å²) in [6, 6.07) is 0. The summed E-state index contributed by atoms with van der Waals surface area (Å²) in [5.41, 5.74) is 0. The number of hydrogen-bond acceptors (Lipinski definition) is 3. The minimum Gasteiger partial charge on any atom is -0.347 e. The van der Waals surface area contributed by atoms with Crippen LogP contribution in [0.2, 0.25) is 0 Å². The van der Waals surface area contributed by atoms with E-state index in [2.05, 4.69) is 22.0 Å². The molecule has 4 heteroatoms. The van der Waals surface area contributed by atoms with Gasteiger partial charge in [-0.3, -0.25) is 9.69 Å². The van der Waals surface area contributed by atoms with Gasteiger partial charge in [0.15, 0.2) is 0 Å². The van der Waals surface area contributed by atoms with Crippen LogP contribution in [0.5, 0.6) is 0 Å². The number of nitrogens with zero attached hydrogens (tertiary/aromatic N) is 2. The summed E-state index contributed by atoms with van der Waals surface area (Å²) >= 11 is 0. The molecular weight excluding hydrogens is 166 g/mol. The van der Waals surface area contributed by atoms with E-state index < -0.39 is 0 Å². The second-order valence-electron chi connectivity index (χ2n) is 3.30. The summed E-state index contributed by atoms with van der Waals surface area (Å²) < 4.78 is 0. The zero-order valence-corrected chi connectivity index (χ0v) is 8.25. The third-order valence-electron chi connectivity index (χ3n) is 2.54. The molecule has 0 aromatic heterocycles. The Morgan fingerprint density at radius 3 is 2.38 bits per heavy atom. The van der Waals surface area contributed by atoms with Crippen molar-refractivity contribution in [3.63, 3.8) is 0 Å². The van der Waals surface area contributed by atoms with Gasteiger partial charge in [0, 0.05) is 39.3 Å². The first-order valence-electron chi connectivity index (χ1n) is 4.91. The average Bonchev–Trinajstić information content (AvgIpc) is 2.19. The van der Waals surface area contributed by atoms with Crippen molar-refractivity contribution >= 4 is 6.41 Å². The third-order valence-corrected chi connectivity index (χ3v) is 2.54. The first-order chi connectivity index (χ1) is 6.36. The summed E-state index contributed by atoms with van der Waals surface area (Å²) in [4.78, 5) is 14.7. The highest BCUT2D eigenvalue weighted by atomic mass is 16.1. The largest absolute Gasteiger partial charge is 0.347 e. The molecule has 13 heavy (non-hydrogen) atoms. The summed E-state index contributed by atoms with van der Waals surface area (Å²) in [6.45, 7) is 9.56. The minimum atomic E-state index is 0.718. The summed E-state index contributed by atoms with van der Waals surface area (Å²) in [5.74, 6) is 0. The first-order valence-corrected chi connectivity index (χ1v) is 4.91. The summed E-state index contributed by atoms with van der Waals surface area (Å²) in [6.07, 6.45) is 1.69. The van der Waals surface area contributed by atoms with E-state index in [1.165, 1.54) is 0 Å². The maximum atomic E-state index is 9.88. The summed E-state index contributed by atoms with van der Waals surface area (Å²) in [7, 11) is 0. The normalized spacial score (nSPS) is 20.1. The fraction of sp³-hybridized carbons (Fsp3) is 0.889. The van der Waals surface area contributed by atoms with Gasteiger partial charge < -0.3 is 10.2 Å². The molecule has 0 aliphatic carbocycles. The average molecular weight is 184 g/mol. The Labute approximate surface area is 79.9 Å². The fourth-order valence-electron chi connectivity index (χ4n) is 1.59. The predicted molar refractivity (Wildman–Crippen MR) is 52.3 cm³/mol. The van der Waals surface area contributed by atoms with Crippen molar-refractivity contribution in [3.05, 3.63) is 0 Å². The first kappa shape index (κ1) is 10.5. The molecular formula is C9H18N3O. The van der Waals surface area contributed by atoms with Gasteiger partial charge in [0.1, 0.15) is 0 Å². The smallest absolute Gasteiger partial charge is 0.309 e. The molecule has 1 rings (SSSR count). The van der Waals surface area contributed by atoms with E-state index in [0.29, 0.717) is 0 Å². The highest BCUT2D eigenvalue weighted by molar-refractivity contribution is 5.46. The topological polar surface area (TPSA) is 35.6 Å². The number of piperazine rings is 1. The van der Waals surface area contributed by atoms with Crippen molar-refractivity contribution in [2.75, 3.05) is 45.8 Å². The molecule has 1 radical (unpaired) electrons. The lowest BCUT2D eigenvalue weighted by atomic mass is 10.3. The van der Waals surface area contributed by atoms with Crippen LogP contribution in [0, 0.1) is 0 Å². The molecule has 1 amide bonds. The zero-order chi connectivity index (χ0) is 9.52. The number of hydrogen-bond donors (Lipinski definition) is 1. The van der Waals surface area contributed by atoms with Crippen molar-refractivity contribution in [3.8, 4) is 0 Å². The van der Waals surface area contributed by atoms with Crippen molar-refractivity contribution < 1.29 is 4.79 Å². The molecule has 1 aliphatic heterocycles. The van der Waals surface area contributed by atoms with Gasteiger partial charge in [0.2, 0.25) is 0 Å². The SMILES string of the molecule is CCN1CCN(CCN[C]=O)CC1. The van der Waals surface area contributed by atoms with Crippen molar-refractivity contribution in [1.29, 1.82) is 0 Å². The highest BCUT2D eigenvalue weighted by Crippen LogP contribution is 1.99. The van der Waals surface area contributed by atoms with Gasteiger partial charge >= 0.3 is 6.41 Å².